The largest absolute Gasteiger partial charge is 0.374 e. The molecule has 84 valence electrons. The zero-order chi connectivity index (χ0) is 11.8. The minimum absolute atomic E-state index is 0.209. The Hall–Kier alpha value is -0.760. The van der Waals surface area contributed by atoms with Crippen LogP contribution in [0.4, 0.5) is 10.1 Å². The number of rotatable bonds is 1. The summed E-state index contributed by atoms with van der Waals surface area (Å²) in [6.07, 6.45) is 0. The molecule has 1 aromatic rings. The number of hydrogen-bond donors (Lipinski definition) is 0. The molecule has 0 aromatic heterocycles. The number of nitrogens with zero attached hydrogens (tertiary/aromatic N) is 1. The molecule has 0 aliphatic heterocycles. The summed E-state index contributed by atoms with van der Waals surface area (Å²) < 4.78 is 14.2. The van der Waals surface area contributed by atoms with E-state index in [1.54, 1.807) is 31.1 Å². The molecular weight excluding hydrogens is 213 g/mol. The van der Waals surface area contributed by atoms with E-state index in [0.717, 1.165) is 0 Å². The number of benzene rings is 1. The summed E-state index contributed by atoms with van der Waals surface area (Å²) in [7, 11) is 3.58. The fraction of sp³-hybridized carbons (Fsp3) is 0.500. The lowest BCUT2D eigenvalue weighted by Gasteiger charge is -2.24. The molecule has 1 nitrogen and oxygen atoms in total. The van der Waals surface area contributed by atoms with Crippen LogP contribution in [-0.4, -0.2) is 14.1 Å². The number of halogens is 2. The van der Waals surface area contributed by atoms with Crippen molar-refractivity contribution in [3.05, 3.63) is 28.5 Å². The molecule has 0 N–H and O–H groups in total. The van der Waals surface area contributed by atoms with Crippen molar-refractivity contribution in [3.63, 3.8) is 0 Å². The van der Waals surface area contributed by atoms with Crippen LogP contribution in [0.2, 0.25) is 5.02 Å². The molecule has 0 saturated carbocycles. The summed E-state index contributed by atoms with van der Waals surface area (Å²) in [6.45, 7) is 5.95. The van der Waals surface area contributed by atoms with Crippen LogP contribution in [0.1, 0.15) is 26.3 Å². The molecule has 3 heteroatoms. The first-order chi connectivity index (χ1) is 6.75. The van der Waals surface area contributed by atoms with E-state index in [4.69, 9.17) is 11.6 Å². The van der Waals surface area contributed by atoms with Crippen LogP contribution < -0.4 is 4.90 Å². The molecule has 0 unspecified atom stereocenters. The summed E-state index contributed by atoms with van der Waals surface area (Å²) in [5.74, 6) is -0.222. The Labute approximate surface area is 95.8 Å². The van der Waals surface area contributed by atoms with E-state index in [1.165, 1.54) is 0 Å². The van der Waals surface area contributed by atoms with E-state index >= 15 is 0 Å². The quantitative estimate of drug-likeness (QED) is 0.707. The minimum atomic E-state index is -0.222. The maximum absolute atomic E-state index is 14.2. The first-order valence-corrected chi connectivity index (χ1v) is 5.28. The molecule has 0 aliphatic carbocycles. The second-order valence-electron chi connectivity index (χ2n) is 4.90. The van der Waals surface area contributed by atoms with Crippen LogP contribution in [-0.2, 0) is 5.41 Å². The highest BCUT2D eigenvalue weighted by molar-refractivity contribution is 6.33. The average molecular weight is 230 g/mol. The molecule has 1 aromatic carbocycles. The normalized spacial score (nSPS) is 11.7. The Morgan fingerprint density at radius 3 is 2.13 bits per heavy atom. The lowest BCUT2D eigenvalue weighted by atomic mass is 9.86. The fourth-order valence-electron chi connectivity index (χ4n) is 1.53. The first kappa shape index (κ1) is 12.3. The zero-order valence-corrected chi connectivity index (χ0v) is 10.6. The van der Waals surface area contributed by atoms with E-state index in [9.17, 15) is 4.39 Å². The molecule has 0 amide bonds. The van der Waals surface area contributed by atoms with Gasteiger partial charge in [0.05, 0.1) is 10.7 Å². The Balaban J connectivity index is 3.42. The van der Waals surface area contributed by atoms with Gasteiger partial charge in [-0.3, -0.25) is 0 Å². The van der Waals surface area contributed by atoms with E-state index in [1.807, 2.05) is 20.8 Å². The van der Waals surface area contributed by atoms with Crippen molar-refractivity contribution >= 4 is 17.3 Å². The van der Waals surface area contributed by atoms with Gasteiger partial charge in [0.15, 0.2) is 5.82 Å². The van der Waals surface area contributed by atoms with Gasteiger partial charge in [0.1, 0.15) is 0 Å². The lowest BCUT2D eigenvalue weighted by molar-refractivity contribution is 0.523. The number of anilines is 1. The van der Waals surface area contributed by atoms with Gasteiger partial charge in [-0.05, 0) is 17.0 Å². The van der Waals surface area contributed by atoms with Crippen LogP contribution >= 0.6 is 11.6 Å². The summed E-state index contributed by atoms with van der Waals surface area (Å²) in [6, 6.07) is 3.51. The van der Waals surface area contributed by atoms with Crippen molar-refractivity contribution in [2.45, 2.75) is 26.2 Å². The molecule has 0 saturated heterocycles. The van der Waals surface area contributed by atoms with Gasteiger partial charge in [0, 0.05) is 14.1 Å². The van der Waals surface area contributed by atoms with Crippen LogP contribution in [0.15, 0.2) is 12.1 Å². The topological polar surface area (TPSA) is 3.24 Å². The van der Waals surface area contributed by atoms with Gasteiger partial charge in [0.25, 0.3) is 0 Å². The zero-order valence-electron chi connectivity index (χ0n) is 9.86. The van der Waals surface area contributed by atoms with Gasteiger partial charge < -0.3 is 4.90 Å². The van der Waals surface area contributed by atoms with Gasteiger partial charge in [0.2, 0.25) is 0 Å². The molecule has 0 spiro atoms. The second kappa shape index (κ2) is 4.01. The molecule has 1 rings (SSSR count). The van der Waals surface area contributed by atoms with Crippen molar-refractivity contribution in [1.29, 1.82) is 0 Å². The molecule has 15 heavy (non-hydrogen) atoms. The van der Waals surface area contributed by atoms with Gasteiger partial charge in [-0.25, -0.2) is 4.39 Å². The highest BCUT2D eigenvalue weighted by Gasteiger charge is 2.22. The molecule has 0 heterocycles. The molecular formula is C12H17ClFN. The van der Waals surface area contributed by atoms with Gasteiger partial charge >= 0.3 is 0 Å². The van der Waals surface area contributed by atoms with Gasteiger partial charge in [-0.1, -0.05) is 38.4 Å². The predicted octanol–water partition coefficient (Wildman–Crippen LogP) is 3.84. The van der Waals surface area contributed by atoms with E-state index in [2.05, 4.69) is 0 Å². The third kappa shape index (κ3) is 2.43. The highest BCUT2D eigenvalue weighted by Crippen LogP contribution is 2.35. The Morgan fingerprint density at radius 2 is 1.73 bits per heavy atom. The standard InChI is InChI=1S/C12H17ClFN/c1-12(2,3)8-6-7-9(13)11(10(8)14)15(4)5/h6-7H,1-5H3. The monoisotopic (exact) mass is 229 g/mol. The van der Waals surface area contributed by atoms with Crippen LogP contribution in [0.5, 0.6) is 0 Å². The van der Waals surface area contributed by atoms with Gasteiger partial charge in [-0.15, -0.1) is 0 Å². The van der Waals surface area contributed by atoms with E-state index < -0.39 is 0 Å². The predicted molar refractivity (Wildman–Crippen MR) is 64.4 cm³/mol. The summed E-state index contributed by atoms with van der Waals surface area (Å²) in [4.78, 5) is 1.70. The van der Waals surface area contributed by atoms with Crippen molar-refractivity contribution in [1.82, 2.24) is 0 Å². The molecule has 0 fully saturated rings. The fourth-order valence-corrected chi connectivity index (χ4v) is 1.85. The third-order valence-electron chi connectivity index (χ3n) is 2.32. The Kier molecular flexibility index (Phi) is 3.29. The minimum Gasteiger partial charge on any atom is -0.374 e. The SMILES string of the molecule is CN(C)c1c(Cl)ccc(C(C)(C)C)c1F. The van der Waals surface area contributed by atoms with Crippen LogP contribution in [0.25, 0.3) is 0 Å². The first-order valence-electron chi connectivity index (χ1n) is 4.91. The number of hydrogen-bond acceptors (Lipinski definition) is 1. The molecule has 0 bridgehead atoms. The van der Waals surface area contributed by atoms with Crippen molar-refractivity contribution in [2.24, 2.45) is 0 Å². The van der Waals surface area contributed by atoms with E-state index in [0.29, 0.717) is 16.3 Å². The summed E-state index contributed by atoms with van der Waals surface area (Å²) >= 11 is 5.96. The molecule has 0 radical (unpaired) electrons. The average Bonchev–Trinajstić information content (AvgIpc) is 2.00. The third-order valence-corrected chi connectivity index (χ3v) is 2.63. The summed E-state index contributed by atoms with van der Waals surface area (Å²) in [5, 5.41) is 0.450. The molecule has 0 aliphatic rings. The van der Waals surface area contributed by atoms with Crippen LogP contribution in [0, 0.1) is 5.82 Å². The van der Waals surface area contributed by atoms with Crippen molar-refractivity contribution < 1.29 is 4.39 Å². The highest BCUT2D eigenvalue weighted by atomic mass is 35.5. The maximum Gasteiger partial charge on any atom is 0.151 e. The lowest BCUT2D eigenvalue weighted by Crippen LogP contribution is -2.18. The van der Waals surface area contributed by atoms with Crippen molar-refractivity contribution in [3.8, 4) is 0 Å². The van der Waals surface area contributed by atoms with Crippen molar-refractivity contribution in [2.75, 3.05) is 19.0 Å². The Bertz CT molecular complexity index is 367. The Morgan fingerprint density at radius 1 is 1.20 bits per heavy atom. The van der Waals surface area contributed by atoms with Crippen LogP contribution in [0.3, 0.4) is 0 Å². The van der Waals surface area contributed by atoms with E-state index in [-0.39, 0.29) is 11.2 Å². The second-order valence-corrected chi connectivity index (χ2v) is 5.31. The maximum atomic E-state index is 14.2. The molecule has 0 atom stereocenters. The summed E-state index contributed by atoms with van der Waals surface area (Å²) in [5.41, 5.74) is 0.944. The smallest absolute Gasteiger partial charge is 0.151 e. The van der Waals surface area contributed by atoms with Gasteiger partial charge in [-0.2, -0.15) is 0 Å².